The molecule has 6 rings (SSSR count). The highest BCUT2D eigenvalue weighted by Crippen LogP contribution is 2.30. The molecule has 2 aromatic carbocycles. The van der Waals surface area contributed by atoms with Gasteiger partial charge < -0.3 is 0 Å². The second-order valence-corrected chi connectivity index (χ2v) is 11.4. The van der Waals surface area contributed by atoms with Gasteiger partial charge in [0.2, 0.25) is 0 Å². The minimum absolute atomic E-state index is 0.553. The Kier molecular flexibility index (Phi) is 8.39. The third-order valence-electron chi connectivity index (χ3n) is 6.44. The average Bonchev–Trinajstić information content (AvgIpc) is 3.62. The van der Waals surface area contributed by atoms with Gasteiger partial charge in [-0.3, -0.25) is 9.08 Å². The van der Waals surface area contributed by atoms with Gasteiger partial charge in [0.05, 0.1) is 11.7 Å². The summed E-state index contributed by atoms with van der Waals surface area (Å²) in [5.74, 6) is 1.77. The van der Waals surface area contributed by atoms with Crippen LogP contribution in [0.3, 0.4) is 0 Å². The molecule has 37 heavy (non-hydrogen) atoms. The first-order valence-electron chi connectivity index (χ1n) is 12.9. The van der Waals surface area contributed by atoms with Crippen LogP contribution in [0.1, 0.15) is 75.3 Å². The molecule has 0 radical (unpaired) electrons. The summed E-state index contributed by atoms with van der Waals surface area (Å²) in [6, 6.07) is 21.3. The molecule has 0 aliphatic rings. The summed E-state index contributed by atoms with van der Waals surface area (Å²) in [5, 5.41) is 14.7. The van der Waals surface area contributed by atoms with E-state index in [4.69, 9.17) is 0 Å². The van der Waals surface area contributed by atoms with Crippen LogP contribution in [0.4, 0.5) is 0 Å². The van der Waals surface area contributed by atoms with Crippen LogP contribution < -0.4 is 0 Å². The van der Waals surface area contributed by atoms with Gasteiger partial charge in [-0.2, -0.15) is 5.10 Å². The van der Waals surface area contributed by atoms with Gasteiger partial charge in [-0.05, 0) is 58.5 Å². The van der Waals surface area contributed by atoms with E-state index in [9.17, 15) is 0 Å². The fourth-order valence-electron chi connectivity index (χ4n) is 4.18. The standard InChI is InChI=1S/C11H14N2.C11H12S.C9H11N3/c1-8(2)9-5-4-6-11-10(9)7-12-13(11)3;1-8(2)11-7-9-5-3-4-6-10(9)12-11;1-7(2)8-3-4-9-11-10-6-12(9)5-8/h4-8H,1-3H3;3-8H,1-2H3;3-7H,1-2H3. The van der Waals surface area contributed by atoms with Crippen LogP contribution in [0, 0.1) is 0 Å². The fraction of sp³-hybridized carbons (Fsp3) is 0.323. The number of hydrogen-bond donors (Lipinski definition) is 0. The molecule has 192 valence electrons. The summed E-state index contributed by atoms with van der Waals surface area (Å²) in [5.41, 5.74) is 4.80. The summed E-state index contributed by atoms with van der Waals surface area (Å²) < 4.78 is 5.26. The largest absolute Gasteiger partial charge is 0.289 e. The Balaban J connectivity index is 0.000000130. The van der Waals surface area contributed by atoms with Gasteiger partial charge in [0.1, 0.15) is 6.33 Å². The predicted octanol–water partition coefficient (Wildman–Crippen LogP) is 8.57. The molecule has 0 aliphatic carbocycles. The quantitative estimate of drug-likeness (QED) is 0.239. The number of fused-ring (bicyclic) bond motifs is 3. The Morgan fingerprint density at radius 2 is 1.59 bits per heavy atom. The third kappa shape index (κ3) is 6.25. The first-order valence-corrected chi connectivity index (χ1v) is 13.7. The van der Waals surface area contributed by atoms with Crippen molar-refractivity contribution in [1.82, 2.24) is 24.4 Å². The Hall–Kier alpha value is -3.51. The topological polar surface area (TPSA) is 48.0 Å². The second-order valence-electron chi connectivity index (χ2n) is 10.3. The molecule has 0 saturated carbocycles. The number of pyridine rings is 1. The van der Waals surface area contributed by atoms with Crippen molar-refractivity contribution in [3.8, 4) is 0 Å². The van der Waals surface area contributed by atoms with E-state index in [1.807, 2.05) is 39.7 Å². The number of hydrogen-bond acceptors (Lipinski definition) is 4. The van der Waals surface area contributed by atoms with Gasteiger partial charge in [-0.15, -0.1) is 21.5 Å². The van der Waals surface area contributed by atoms with Crippen LogP contribution >= 0.6 is 11.3 Å². The van der Waals surface area contributed by atoms with Crippen molar-refractivity contribution < 1.29 is 0 Å². The molecule has 5 nitrogen and oxygen atoms in total. The smallest absolute Gasteiger partial charge is 0.160 e. The number of benzene rings is 2. The molecular formula is C31H37N5S. The number of nitrogens with zero attached hydrogens (tertiary/aromatic N) is 5. The lowest BCUT2D eigenvalue weighted by molar-refractivity contribution is 0.797. The van der Waals surface area contributed by atoms with Crippen molar-refractivity contribution in [1.29, 1.82) is 0 Å². The molecular weight excluding hydrogens is 474 g/mol. The van der Waals surface area contributed by atoms with Crippen LogP contribution in [0.25, 0.3) is 26.6 Å². The zero-order chi connectivity index (χ0) is 26.5. The van der Waals surface area contributed by atoms with Crippen LogP contribution in [0.5, 0.6) is 0 Å². The Bertz CT molecular complexity index is 1550. The molecule has 0 amide bonds. The van der Waals surface area contributed by atoms with E-state index in [2.05, 4.69) is 118 Å². The van der Waals surface area contributed by atoms with E-state index < -0.39 is 0 Å². The van der Waals surface area contributed by atoms with E-state index in [0.717, 1.165) is 5.65 Å². The van der Waals surface area contributed by atoms with Gasteiger partial charge in [0.15, 0.2) is 5.65 Å². The summed E-state index contributed by atoms with van der Waals surface area (Å²) in [4.78, 5) is 1.48. The summed E-state index contributed by atoms with van der Waals surface area (Å²) in [6.07, 6.45) is 5.74. The van der Waals surface area contributed by atoms with Gasteiger partial charge in [0.25, 0.3) is 0 Å². The maximum Gasteiger partial charge on any atom is 0.160 e. The van der Waals surface area contributed by atoms with Crippen LogP contribution in [-0.4, -0.2) is 24.4 Å². The molecule has 0 spiro atoms. The summed E-state index contributed by atoms with van der Waals surface area (Å²) in [7, 11) is 1.98. The van der Waals surface area contributed by atoms with Crippen molar-refractivity contribution in [2.24, 2.45) is 7.05 Å². The first-order chi connectivity index (χ1) is 17.7. The van der Waals surface area contributed by atoms with Gasteiger partial charge in [-0.25, -0.2) is 0 Å². The van der Waals surface area contributed by atoms with E-state index in [1.54, 1.807) is 6.33 Å². The zero-order valence-corrected chi connectivity index (χ0v) is 23.7. The third-order valence-corrected chi connectivity index (χ3v) is 7.86. The van der Waals surface area contributed by atoms with E-state index in [0.29, 0.717) is 17.8 Å². The number of rotatable bonds is 3. The van der Waals surface area contributed by atoms with Crippen molar-refractivity contribution >= 4 is 38.0 Å². The van der Waals surface area contributed by atoms with Gasteiger partial charge in [0, 0.05) is 28.2 Å². The maximum absolute atomic E-state index is 4.26. The molecule has 0 fully saturated rings. The molecule has 0 N–H and O–H groups in total. The minimum atomic E-state index is 0.553. The lowest BCUT2D eigenvalue weighted by Gasteiger charge is -2.06. The Morgan fingerprint density at radius 1 is 0.811 bits per heavy atom. The molecule has 0 unspecified atom stereocenters. The number of aryl methyl sites for hydroxylation is 1. The van der Waals surface area contributed by atoms with Crippen molar-refractivity contribution in [3.63, 3.8) is 0 Å². The second kappa shape index (κ2) is 11.7. The molecule has 4 aromatic heterocycles. The van der Waals surface area contributed by atoms with Gasteiger partial charge >= 0.3 is 0 Å². The summed E-state index contributed by atoms with van der Waals surface area (Å²) in [6.45, 7) is 13.2. The lowest BCUT2D eigenvalue weighted by Crippen LogP contribution is -1.91. The van der Waals surface area contributed by atoms with E-state index in [-0.39, 0.29) is 0 Å². The van der Waals surface area contributed by atoms with Crippen molar-refractivity contribution in [3.05, 3.63) is 95.4 Å². The molecule has 4 heterocycles. The van der Waals surface area contributed by atoms with Gasteiger partial charge in [-0.1, -0.05) is 77.9 Å². The van der Waals surface area contributed by atoms with Crippen LogP contribution in [0.2, 0.25) is 0 Å². The molecule has 0 saturated heterocycles. The zero-order valence-electron chi connectivity index (χ0n) is 22.9. The number of thiophene rings is 1. The number of aromatic nitrogens is 5. The highest BCUT2D eigenvalue weighted by atomic mass is 32.1. The molecule has 0 aliphatic heterocycles. The predicted molar refractivity (Wildman–Crippen MR) is 158 cm³/mol. The normalized spacial score (nSPS) is 11.3. The van der Waals surface area contributed by atoms with Crippen molar-refractivity contribution in [2.75, 3.05) is 0 Å². The molecule has 0 bridgehead atoms. The molecule has 0 atom stereocenters. The summed E-state index contributed by atoms with van der Waals surface area (Å²) >= 11 is 1.91. The minimum Gasteiger partial charge on any atom is -0.289 e. The monoisotopic (exact) mass is 511 g/mol. The Labute approximate surface area is 223 Å². The van der Waals surface area contributed by atoms with Crippen LogP contribution in [-0.2, 0) is 7.05 Å². The van der Waals surface area contributed by atoms with E-state index in [1.165, 1.54) is 37.0 Å². The van der Waals surface area contributed by atoms with Crippen LogP contribution in [0.15, 0.2) is 79.4 Å². The maximum atomic E-state index is 4.26. The van der Waals surface area contributed by atoms with Crippen molar-refractivity contribution in [2.45, 2.75) is 59.3 Å². The SMILES string of the molecule is CC(C)c1cc2ccccc2s1.CC(C)c1ccc2nncn2c1.CC(C)c1cccc2c1cnn2C. The average molecular weight is 512 g/mol. The highest BCUT2D eigenvalue weighted by Gasteiger charge is 2.07. The fourth-order valence-corrected chi connectivity index (χ4v) is 5.24. The van der Waals surface area contributed by atoms with E-state index >= 15 is 0 Å². The first kappa shape index (κ1) is 26.6. The Morgan fingerprint density at radius 3 is 2.30 bits per heavy atom. The molecule has 6 aromatic rings. The lowest BCUT2D eigenvalue weighted by atomic mass is 10.00. The molecule has 6 heteroatoms. The highest BCUT2D eigenvalue weighted by molar-refractivity contribution is 7.19.